The molecule has 1 aliphatic heterocycles. The fraction of sp³-hybridized carbons (Fsp3) is 0.111. The monoisotopic (exact) mass is 400 g/mol. The summed E-state index contributed by atoms with van der Waals surface area (Å²) >= 11 is 2.66. The molecule has 1 saturated heterocycles. The summed E-state index contributed by atoms with van der Waals surface area (Å²) in [5, 5.41) is 13.4. The topological polar surface area (TPSA) is 94.9 Å². The molecule has 27 heavy (non-hydrogen) atoms. The highest BCUT2D eigenvalue weighted by Crippen LogP contribution is 2.34. The van der Waals surface area contributed by atoms with Crippen LogP contribution in [-0.2, 0) is 9.59 Å². The maximum atomic E-state index is 12.7. The molecule has 138 valence electrons. The molecule has 3 rings (SSSR count). The van der Waals surface area contributed by atoms with Crippen LogP contribution >= 0.6 is 23.1 Å². The number of rotatable bonds is 7. The number of carbonyl (C=O) groups excluding carboxylic acids is 2. The van der Waals surface area contributed by atoms with Crippen LogP contribution in [-0.4, -0.2) is 40.1 Å². The molecule has 1 fully saturated rings. The van der Waals surface area contributed by atoms with E-state index in [0.717, 1.165) is 5.56 Å². The Morgan fingerprint density at radius 3 is 2.78 bits per heavy atom. The Bertz CT molecular complexity index is 905. The number of aliphatic imine (C=N–C) groups is 1. The van der Waals surface area contributed by atoms with E-state index in [1.54, 1.807) is 47.5 Å². The van der Waals surface area contributed by atoms with Crippen LogP contribution in [0.1, 0.15) is 5.56 Å². The number of ether oxygens (including phenoxy) is 1. The molecule has 9 heteroatoms. The lowest BCUT2D eigenvalue weighted by atomic mass is 10.2. The van der Waals surface area contributed by atoms with Crippen LogP contribution in [0, 0.1) is 0 Å². The molecule has 0 saturated carbocycles. The molecule has 0 bridgehead atoms. The highest BCUT2D eigenvalue weighted by Gasteiger charge is 2.32. The number of aliphatic carboxylic acids is 1. The van der Waals surface area contributed by atoms with E-state index in [1.165, 1.54) is 23.1 Å². The molecule has 2 aromatic rings. The molecule has 0 unspecified atom stereocenters. The summed E-state index contributed by atoms with van der Waals surface area (Å²) < 4.78 is 5.04. The van der Waals surface area contributed by atoms with E-state index < -0.39 is 12.6 Å². The highest BCUT2D eigenvalue weighted by molar-refractivity contribution is 8.18. The van der Waals surface area contributed by atoms with Crippen molar-refractivity contribution in [1.29, 1.82) is 0 Å². The third-order valence-corrected chi connectivity index (χ3v) is 5.02. The second-order valence-electron chi connectivity index (χ2n) is 5.25. The number of amidine groups is 1. The van der Waals surface area contributed by atoms with Crippen LogP contribution in [0.25, 0.3) is 6.08 Å². The number of aromatic nitrogens is 1. The van der Waals surface area contributed by atoms with Crippen molar-refractivity contribution in [2.45, 2.75) is 0 Å². The zero-order chi connectivity index (χ0) is 19.2. The quantitative estimate of drug-likeness (QED) is 0.522. The van der Waals surface area contributed by atoms with Crippen LogP contribution in [0.4, 0.5) is 5.13 Å². The Kier molecular flexibility index (Phi) is 6.05. The molecule has 1 aromatic carbocycles. The van der Waals surface area contributed by atoms with E-state index in [0.29, 0.717) is 27.5 Å². The van der Waals surface area contributed by atoms with Crippen LogP contribution in [0.3, 0.4) is 0 Å². The number of hydrogen-bond donors (Lipinski definition) is 0. The number of amides is 1. The maximum Gasteiger partial charge on any atom is 0.267 e. The SMILES string of the molecule is C=CCN1C(=O)C(=Cc2ccc(OCC(=O)[O-])cc2)SC1=Nc1nccs1. The van der Waals surface area contributed by atoms with Gasteiger partial charge in [-0.25, -0.2) is 4.98 Å². The lowest BCUT2D eigenvalue weighted by Gasteiger charge is -2.11. The number of carbonyl (C=O) groups is 2. The van der Waals surface area contributed by atoms with Crippen molar-refractivity contribution in [3.8, 4) is 5.75 Å². The van der Waals surface area contributed by atoms with Gasteiger partial charge in [-0.15, -0.1) is 17.9 Å². The Hall–Kier alpha value is -2.91. The second kappa shape index (κ2) is 8.65. The molecule has 1 aliphatic rings. The fourth-order valence-electron chi connectivity index (χ4n) is 2.19. The first kappa shape index (κ1) is 18.9. The molecule has 1 aromatic heterocycles. The first-order valence-corrected chi connectivity index (χ1v) is 9.49. The van der Waals surface area contributed by atoms with Gasteiger partial charge in [-0.05, 0) is 35.5 Å². The van der Waals surface area contributed by atoms with Gasteiger partial charge >= 0.3 is 0 Å². The lowest BCUT2D eigenvalue weighted by Crippen LogP contribution is -2.29. The van der Waals surface area contributed by atoms with Crippen LogP contribution in [0.2, 0.25) is 0 Å². The second-order valence-corrected chi connectivity index (χ2v) is 7.14. The van der Waals surface area contributed by atoms with Gasteiger partial charge in [0.05, 0.1) is 10.9 Å². The van der Waals surface area contributed by atoms with E-state index in [4.69, 9.17) is 4.74 Å². The molecule has 1 amide bonds. The largest absolute Gasteiger partial charge is 0.546 e. The Balaban J connectivity index is 1.80. The number of hydrogen-bond acceptors (Lipinski definition) is 8. The maximum absolute atomic E-state index is 12.7. The Labute approximate surface area is 163 Å². The van der Waals surface area contributed by atoms with E-state index >= 15 is 0 Å². The summed E-state index contributed by atoms with van der Waals surface area (Å²) in [6, 6.07) is 6.73. The normalized spacial score (nSPS) is 16.9. The summed E-state index contributed by atoms with van der Waals surface area (Å²) in [5.74, 6) is -1.04. The third kappa shape index (κ3) is 4.83. The summed E-state index contributed by atoms with van der Waals surface area (Å²) in [7, 11) is 0. The van der Waals surface area contributed by atoms with Gasteiger partial charge in [0.1, 0.15) is 12.4 Å². The lowest BCUT2D eigenvalue weighted by molar-refractivity contribution is -0.307. The van der Waals surface area contributed by atoms with Crippen LogP contribution in [0.5, 0.6) is 5.75 Å². The van der Waals surface area contributed by atoms with Gasteiger partial charge in [0, 0.05) is 18.1 Å². The number of carboxylic acid groups (broad SMARTS) is 1. The molecule has 7 nitrogen and oxygen atoms in total. The van der Waals surface area contributed by atoms with E-state index in [1.807, 2.05) is 5.38 Å². The van der Waals surface area contributed by atoms with Crippen molar-refractivity contribution in [3.05, 3.63) is 59.0 Å². The van der Waals surface area contributed by atoms with E-state index in [2.05, 4.69) is 16.6 Å². The van der Waals surface area contributed by atoms with E-state index in [-0.39, 0.29) is 5.91 Å². The van der Waals surface area contributed by atoms with Crippen molar-refractivity contribution < 1.29 is 19.4 Å². The first-order chi connectivity index (χ1) is 13.1. The van der Waals surface area contributed by atoms with Crippen molar-refractivity contribution in [2.75, 3.05) is 13.2 Å². The average Bonchev–Trinajstić information content (AvgIpc) is 3.26. The first-order valence-electron chi connectivity index (χ1n) is 7.80. The Morgan fingerprint density at radius 2 is 2.15 bits per heavy atom. The predicted octanol–water partition coefficient (Wildman–Crippen LogP) is 2.06. The van der Waals surface area contributed by atoms with Gasteiger partial charge in [-0.2, -0.15) is 4.99 Å². The number of carboxylic acids is 1. The fourth-order valence-corrected chi connectivity index (χ4v) is 3.74. The van der Waals surface area contributed by atoms with Gasteiger partial charge in [-0.3, -0.25) is 9.69 Å². The molecule has 0 radical (unpaired) electrons. The molecule has 2 heterocycles. The molecule has 0 atom stereocenters. The highest BCUT2D eigenvalue weighted by atomic mass is 32.2. The molecular weight excluding hydrogens is 386 g/mol. The molecule has 0 aliphatic carbocycles. The predicted molar refractivity (Wildman–Crippen MR) is 104 cm³/mol. The summed E-state index contributed by atoms with van der Waals surface area (Å²) in [5.41, 5.74) is 0.778. The minimum absolute atomic E-state index is 0.160. The van der Waals surface area contributed by atoms with Gasteiger partial charge in [0.2, 0.25) is 5.13 Å². The summed E-state index contributed by atoms with van der Waals surface area (Å²) in [6.45, 7) is 3.53. The molecule has 0 spiro atoms. The average molecular weight is 400 g/mol. The zero-order valence-electron chi connectivity index (χ0n) is 14.0. The molecule has 0 N–H and O–H groups in total. The van der Waals surface area contributed by atoms with Gasteiger partial charge in [0.25, 0.3) is 5.91 Å². The zero-order valence-corrected chi connectivity index (χ0v) is 15.7. The van der Waals surface area contributed by atoms with Crippen molar-refractivity contribution in [1.82, 2.24) is 9.88 Å². The van der Waals surface area contributed by atoms with Gasteiger partial charge < -0.3 is 14.6 Å². The number of benzene rings is 1. The number of thioether (sulfide) groups is 1. The van der Waals surface area contributed by atoms with Gasteiger partial charge in [-0.1, -0.05) is 18.2 Å². The summed E-state index contributed by atoms with van der Waals surface area (Å²) in [4.78, 5) is 33.7. The van der Waals surface area contributed by atoms with Crippen molar-refractivity contribution >= 4 is 51.4 Å². The van der Waals surface area contributed by atoms with Crippen LogP contribution in [0.15, 0.2) is 58.4 Å². The van der Waals surface area contributed by atoms with Crippen LogP contribution < -0.4 is 9.84 Å². The smallest absolute Gasteiger partial charge is 0.267 e. The minimum Gasteiger partial charge on any atom is -0.546 e. The number of thiazole rings is 1. The molecular formula is C18H14N3O4S2-. The standard InChI is InChI=1S/C18H15N3O4S2/c1-2-8-21-16(24)14(27-18(21)20-17-19-7-9-26-17)10-12-3-5-13(6-4-12)25-11-15(22)23/h2-7,9-10H,1,8,11H2,(H,22,23)/p-1. The van der Waals surface area contributed by atoms with Gasteiger partial charge in [0.15, 0.2) is 5.17 Å². The summed E-state index contributed by atoms with van der Waals surface area (Å²) in [6.07, 6.45) is 5.04. The minimum atomic E-state index is -1.29. The number of nitrogens with zero attached hydrogens (tertiary/aromatic N) is 3. The third-order valence-electron chi connectivity index (χ3n) is 3.34. The Morgan fingerprint density at radius 1 is 1.37 bits per heavy atom. The van der Waals surface area contributed by atoms with Crippen molar-refractivity contribution in [3.63, 3.8) is 0 Å². The van der Waals surface area contributed by atoms with Crippen molar-refractivity contribution in [2.24, 2.45) is 4.99 Å². The van der Waals surface area contributed by atoms with E-state index in [9.17, 15) is 14.7 Å².